The Kier molecular flexibility index (Phi) is 4.92. The van der Waals surface area contributed by atoms with E-state index in [9.17, 15) is 13.6 Å². The van der Waals surface area contributed by atoms with Gasteiger partial charge in [0.05, 0.1) is 11.3 Å². The lowest BCUT2D eigenvalue weighted by Crippen LogP contribution is -2.34. The molecule has 0 atom stereocenters. The van der Waals surface area contributed by atoms with Crippen molar-refractivity contribution in [3.05, 3.63) is 47.3 Å². The molecule has 1 aromatic carbocycles. The number of halogens is 2. The SMILES string of the molecule is Cc1nc(N2CCC(C)CC2)ncc1C(=O)Nc1ccc(F)c(F)c1. The van der Waals surface area contributed by atoms with E-state index in [1.807, 2.05) is 0 Å². The smallest absolute Gasteiger partial charge is 0.259 e. The van der Waals surface area contributed by atoms with Crippen molar-refractivity contribution in [2.45, 2.75) is 26.7 Å². The molecule has 3 rings (SSSR count). The van der Waals surface area contributed by atoms with Crippen molar-refractivity contribution >= 4 is 17.5 Å². The summed E-state index contributed by atoms with van der Waals surface area (Å²) in [6, 6.07) is 3.21. The van der Waals surface area contributed by atoms with E-state index in [-0.39, 0.29) is 5.69 Å². The highest BCUT2D eigenvalue weighted by molar-refractivity contribution is 6.04. The highest BCUT2D eigenvalue weighted by Crippen LogP contribution is 2.21. The lowest BCUT2D eigenvalue weighted by atomic mass is 10.00. The number of piperidine rings is 1. The van der Waals surface area contributed by atoms with Gasteiger partial charge in [-0.2, -0.15) is 0 Å². The molecule has 0 unspecified atom stereocenters. The number of nitrogens with zero attached hydrogens (tertiary/aromatic N) is 3. The molecule has 1 aromatic heterocycles. The van der Waals surface area contributed by atoms with E-state index in [0.29, 0.717) is 23.1 Å². The molecule has 0 radical (unpaired) electrons. The number of hydrogen-bond acceptors (Lipinski definition) is 4. The van der Waals surface area contributed by atoms with Crippen molar-refractivity contribution in [2.75, 3.05) is 23.3 Å². The Morgan fingerprint density at radius 2 is 1.96 bits per heavy atom. The van der Waals surface area contributed by atoms with Gasteiger partial charge in [0.15, 0.2) is 11.6 Å². The third-order valence-electron chi connectivity index (χ3n) is 4.46. The Hall–Kier alpha value is -2.57. The number of carbonyl (C=O) groups excluding carboxylic acids is 1. The van der Waals surface area contributed by atoms with Crippen LogP contribution in [-0.4, -0.2) is 29.0 Å². The fourth-order valence-electron chi connectivity index (χ4n) is 2.81. The molecule has 5 nitrogen and oxygen atoms in total. The third-order valence-corrected chi connectivity index (χ3v) is 4.46. The molecule has 1 aliphatic rings. The normalized spacial score (nSPS) is 15.3. The van der Waals surface area contributed by atoms with Crippen molar-refractivity contribution in [2.24, 2.45) is 5.92 Å². The molecule has 1 amide bonds. The summed E-state index contributed by atoms with van der Waals surface area (Å²) in [5.74, 6) is -1.10. The van der Waals surface area contributed by atoms with Gasteiger partial charge in [-0.05, 0) is 37.8 Å². The van der Waals surface area contributed by atoms with Crippen molar-refractivity contribution in [1.82, 2.24) is 9.97 Å². The van der Waals surface area contributed by atoms with Gasteiger partial charge in [-0.3, -0.25) is 4.79 Å². The minimum atomic E-state index is -1.01. The number of aryl methyl sites for hydroxylation is 1. The molecule has 1 aliphatic heterocycles. The van der Waals surface area contributed by atoms with Crippen LogP contribution in [0.5, 0.6) is 0 Å². The van der Waals surface area contributed by atoms with E-state index in [0.717, 1.165) is 38.1 Å². The van der Waals surface area contributed by atoms with E-state index in [1.165, 1.54) is 12.3 Å². The van der Waals surface area contributed by atoms with Gasteiger partial charge in [-0.15, -0.1) is 0 Å². The summed E-state index contributed by atoms with van der Waals surface area (Å²) < 4.78 is 26.2. The number of amides is 1. The molecule has 0 aliphatic carbocycles. The average molecular weight is 346 g/mol. The number of aromatic nitrogens is 2. The first kappa shape index (κ1) is 17.3. The van der Waals surface area contributed by atoms with Crippen molar-refractivity contribution < 1.29 is 13.6 Å². The maximum absolute atomic E-state index is 13.2. The zero-order valence-electron chi connectivity index (χ0n) is 14.2. The average Bonchev–Trinajstić information content (AvgIpc) is 2.58. The predicted molar refractivity (Wildman–Crippen MR) is 91.7 cm³/mol. The van der Waals surface area contributed by atoms with Crippen LogP contribution in [0.25, 0.3) is 0 Å². The minimum absolute atomic E-state index is 0.178. The van der Waals surface area contributed by atoms with Crippen LogP contribution in [-0.2, 0) is 0 Å². The number of benzene rings is 1. The number of carbonyl (C=O) groups is 1. The largest absolute Gasteiger partial charge is 0.341 e. The monoisotopic (exact) mass is 346 g/mol. The summed E-state index contributed by atoms with van der Waals surface area (Å²) in [6.07, 6.45) is 3.67. The molecule has 0 spiro atoms. The first-order valence-corrected chi connectivity index (χ1v) is 8.29. The fraction of sp³-hybridized carbons (Fsp3) is 0.389. The zero-order valence-corrected chi connectivity index (χ0v) is 14.2. The topological polar surface area (TPSA) is 58.1 Å². The fourth-order valence-corrected chi connectivity index (χ4v) is 2.81. The van der Waals surface area contributed by atoms with Gasteiger partial charge in [0.2, 0.25) is 5.95 Å². The molecule has 2 heterocycles. The van der Waals surface area contributed by atoms with E-state index in [2.05, 4.69) is 27.1 Å². The number of rotatable bonds is 3. The van der Waals surface area contributed by atoms with Gasteiger partial charge in [-0.25, -0.2) is 18.7 Å². The van der Waals surface area contributed by atoms with Gasteiger partial charge >= 0.3 is 0 Å². The highest BCUT2D eigenvalue weighted by Gasteiger charge is 2.20. The summed E-state index contributed by atoms with van der Waals surface area (Å²) in [5, 5.41) is 2.53. The maximum Gasteiger partial charge on any atom is 0.259 e. The second-order valence-corrected chi connectivity index (χ2v) is 6.42. The van der Waals surface area contributed by atoms with Crippen molar-refractivity contribution in [3.8, 4) is 0 Å². The quantitative estimate of drug-likeness (QED) is 0.923. The summed E-state index contributed by atoms with van der Waals surface area (Å²) in [6.45, 7) is 5.77. The van der Waals surface area contributed by atoms with Crippen LogP contribution < -0.4 is 10.2 Å². The Bertz CT molecular complexity index is 789. The maximum atomic E-state index is 13.2. The Balaban J connectivity index is 1.73. The molecule has 1 N–H and O–H groups in total. The van der Waals surface area contributed by atoms with Gasteiger partial charge in [-0.1, -0.05) is 6.92 Å². The lowest BCUT2D eigenvalue weighted by Gasteiger charge is -2.30. The van der Waals surface area contributed by atoms with E-state index in [4.69, 9.17) is 0 Å². The summed E-state index contributed by atoms with van der Waals surface area (Å²) in [5.41, 5.74) is 1.03. The number of nitrogens with one attached hydrogen (secondary N) is 1. The van der Waals surface area contributed by atoms with Crippen molar-refractivity contribution in [3.63, 3.8) is 0 Å². The summed E-state index contributed by atoms with van der Waals surface area (Å²) in [4.78, 5) is 23.2. The summed E-state index contributed by atoms with van der Waals surface area (Å²) >= 11 is 0. The van der Waals surface area contributed by atoms with Crippen LogP contribution in [0.2, 0.25) is 0 Å². The molecule has 0 bridgehead atoms. The van der Waals surface area contributed by atoms with Gasteiger partial charge in [0.25, 0.3) is 5.91 Å². The Labute approximate surface area is 145 Å². The van der Waals surface area contributed by atoms with Crippen LogP contribution in [0.15, 0.2) is 24.4 Å². The van der Waals surface area contributed by atoms with Crippen LogP contribution in [0.3, 0.4) is 0 Å². The van der Waals surface area contributed by atoms with Crippen LogP contribution in [0, 0.1) is 24.5 Å². The third kappa shape index (κ3) is 3.92. The highest BCUT2D eigenvalue weighted by atomic mass is 19.2. The van der Waals surface area contributed by atoms with E-state index >= 15 is 0 Å². The van der Waals surface area contributed by atoms with Crippen molar-refractivity contribution in [1.29, 1.82) is 0 Å². The molecule has 132 valence electrons. The van der Waals surface area contributed by atoms with Gasteiger partial charge in [0, 0.05) is 31.0 Å². The first-order chi connectivity index (χ1) is 11.9. The molecular weight excluding hydrogens is 326 g/mol. The van der Waals surface area contributed by atoms with Crippen LogP contribution in [0.1, 0.15) is 35.8 Å². The van der Waals surface area contributed by atoms with Gasteiger partial charge < -0.3 is 10.2 Å². The molecule has 0 saturated carbocycles. The second kappa shape index (κ2) is 7.13. The van der Waals surface area contributed by atoms with Crippen LogP contribution >= 0.6 is 0 Å². The zero-order chi connectivity index (χ0) is 18.0. The number of anilines is 2. The predicted octanol–water partition coefficient (Wildman–Crippen LogP) is 3.55. The van der Waals surface area contributed by atoms with Gasteiger partial charge in [0.1, 0.15) is 0 Å². The Morgan fingerprint density at radius 3 is 2.60 bits per heavy atom. The van der Waals surface area contributed by atoms with Crippen LogP contribution in [0.4, 0.5) is 20.4 Å². The molecule has 1 saturated heterocycles. The standard InChI is InChI=1S/C18H20F2N4O/c1-11-5-7-24(8-6-11)18-21-10-14(12(2)22-18)17(25)23-13-3-4-15(19)16(20)9-13/h3-4,9-11H,5-8H2,1-2H3,(H,23,25). The molecular formula is C18H20F2N4O. The summed E-state index contributed by atoms with van der Waals surface area (Å²) in [7, 11) is 0. The number of hydrogen-bond donors (Lipinski definition) is 1. The molecule has 2 aromatic rings. The first-order valence-electron chi connectivity index (χ1n) is 8.29. The molecule has 7 heteroatoms. The molecule has 25 heavy (non-hydrogen) atoms. The van der Waals surface area contributed by atoms with E-state index in [1.54, 1.807) is 6.92 Å². The Morgan fingerprint density at radius 1 is 1.24 bits per heavy atom. The second-order valence-electron chi connectivity index (χ2n) is 6.42. The lowest BCUT2D eigenvalue weighted by molar-refractivity contribution is 0.102. The van der Waals surface area contributed by atoms with E-state index < -0.39 is 17.5 Å². The molecule has 1 fully saturated rings. The minimum Gasteiger partial charge on any atom is -0.341 e.